The average Bonchev–Trinajstić information content (AvgIpc) is 2.91. The normalized spacial score (nSPS) is 20.0. The molecule has 2 N–H and O–H groups in total. The van der Waals surface area contributed by atoms with Gasteiger partial charge in [-0.05, 0) is 94.8 Å². The maximum atomic E-state index is 13.3. The van der Waals surface area contributed by atoms with Gasteiger partial charge in [-0.25, -0.2) is 8.42 Å². The lowest BCUT2D eigenvalue weighted by molar-refractivity contribution is -0.137. The Balaban J connectivity index is 1.70. The van der Waals surface area contributed by atoms with Crippen molar-refractivity contribution in [2.24, 2.45) is 5.92 Å². The van der Waals surface area contributed by atoms with E-state index in [4.69, 9.17) is 0 Å². The number of nitrogens with one attached hydrogen (secondary N) is 2. The van der Waals surface area contributed by atoms with Crippen molar-refractivity contribution in [1.29, 1.82) is 0 Å². The topological polar surface area (TPSA) is 95.6 Å². The Morgan fingerprint density at radius 3 is 2.38 bits per heavy atom. The van der Waals surface area contributed by atoms with Crippen molar-refractivity contribution >= 4 is 33.4 Å². The third-order valence-corrected chi connectivity index (χ3v) is 10.0. The number of thioether (sulfide) groups is 1. The van der Waals surface area contributed by atoms with Crippen molar-refractivity contribution in [3.63, 3.8) is 0 Å². The summed E-state index contributed by atoms with van der Waals surface area (Å²) in [5, 5.41) is 5.23. The fourth-order valence-corrected chi connectivity index (χ4v) is 7.01. The second-order valence-electron chi connectivity index (χ2n) is 10.4. The zero-order chi connectivity index (χ0) is 29.7. The standard InChI is InChI=1S/C28H36F3N3O4S2/c1-18(2)34(3)22-8-13-25(20(15-22)17-40(37,38)24-11-9-23(39-4)10-12-24)33-26(35)16-32-27(36)19-6-5-7-21(14-19)28(29,30)31/h5-7,9-12,14,18,20,22,25H,8,13,15-17H2,1-4H3,(H,32,36)(H,33,35)/t20-,22+,25-/m0/s1. The molecule has 0 radical (unpaired) electrons. The van der Waals surface area contributed by atoms with Gasteiger partial charge in [-0.3, -0.25) is 9.59 Å². The molecule has 0 aromatic heterocycles. The predicted octanol–water partition coefficient (Wildman–Crippen LogP) is 4.62. The van der Waals surface area contributed by atoms with Gasteiger partial charge in [-0.15, -0.1) is 11.8 Å². The maximum absolute atomic E-state index is 13.3. The summed E-state index contributed by atoms with van der Waals surface area (Å²) in [5.41, 5.74) is -1.17. The van der Waals surface area contributed by atoms with E-state index in [1.165, 1.54) is 17.8 Å². The number of amides is 2. The largest absolute Gasteiger partial charge is 0.416 e. The molecule has 3 atom stereocenters. The first-order chi connectivity index (χ1) is 18.7. The van der Waals surface area contributed by atoms with Crippen LogP contribution in [0.3, 0.4) is 0 Å². The van der Waals surface area contributed by atoms with E-state index in [-0.39, 0.29) is 34.2 Å². The molecule has 12 heteroatoms. The minimum Gasteiger partial charge on any atom is -0.352 e. The first-order valence-corrected chi connectivity index (χ1v) is 15.9. The van der Waals surface area contributed by atoms with Gasteiger partial charge in [0.05, 0.1) is 22.8 Å². The van der Waals surface area contributed by atoms with Gasteiger partial charge in [0.15, 0.2) is 9.84 Å². The average molecular weight is 600 g/mol. The monoisotopic (exact) mass is 599 g/mol. The molecule has 1 fully saturated rings. The molecule has 1 saturated carbocycles. The zero-order valence-corrected chi connectivity index (χ0v) is 24.6. The van der Waals surface area contributed by atoms with Crippen molar-refractivity contribution in [2.75, 3.05) is 25.6 Å². The van der Waals surface area contributed by atoms with E-state index < -0.39 is 46.0 Å². The first kappa shape index (κ1) is 32.0. The molecule has 3 rings (SSSR count). The Kier molecular flexibility index (Phi) is 10.7. The number of sulfone groups is 1. The molecular formula is C28H36F3N3O4S2. The number of hydrogen-bond acceptors (Lipinski definition) is 6. The van der Waals surface area contributed by atoms with Crippen molar-refractivity contribution < 1.29 is 31.2 Å². The van der Waals surface area contributed by atoms with Gasteiger partial charge < -0.3 is 15.5 Å². The van der Waals surface area contributed by atoms with Gasteiger partial charge in [0.1, 0.15) is 0 Å². The van der Waals surface area contributed by atoms with Crippen LogP contribution >= 0.6 is 11.8 Å². The van der Waals surface area contributed by atoms with E-state index in [0.717, 1.165) is 29.5 Å². The highest BCUT2D eigenvalue weighted by Gasteiger charge is 2.37. The van der Waals surface area contributed by atoms with Gasteiger partial charge in [0.2, 0.25) is 5.91 Å². The summed E-state index contributed by atoms with van der Waals surface area (Å²) in [6, 6.07) is 10.7. The molecule has 0 heterocycles. The number of halogens is 3. The quantitative estimate of drug-likeness (QED) is 0.387. The van der Waals surface area contributed by atoms with Crippen LogP contribution in [0.4, 0.5) is 13.2 Å². The first-order valence-electron chi connectivity index (χ1n) is 13.0. The van der Waals surface area contributed by atoms with Crippen LogP contribution < -0.4 is 10.6 Å². The molecule has 2 aromatic rings. The highest BCUT2D eigenvalue weighted by molar-refractivity contribution is 7.98. The van der Waals surface area contributed by atoms with Gasteiger partial charge >= 0.3 is 6.18 Å². The van der Waals surface area contributed by atoms with Gasteiger partial charge in [0, 0.05) is 28.6 Å². The minimum absolute atomic E-state index is 0.143. The summed E-state index contributed by atoms with van der Waals surface area (Å²) in [7, 11) is -1.64. The lowest BCUT2D eigenvalue weighted by Crippen LogP contribution is -2.52. The SMILES string of the molecule is CSc1ccc(S(=O)(=O)C[C@@H]2C[C@H](N(C)C(C)C)CC[C@@H]2NC(=O)CNC(=O)c2cccc(C(F)(F)F)c2)cc1. The maximum Gasteiger partial charge on any atom is 0.416 e. The number of benzene rings is 2. The van der Waals surface area contributed by atoms with Crippen molar-refractivity contribution in [3.05, 3.63) is 59.7 Å². The zero-order valence-electron chi connectivity index (χ0n) is 23.0. The van der Waals surface area contributed by atoms with Crippen molar-refractivity contribution in [1.82, 2.24) is 15.5 Å². The number of rotatable bonds is 10. The van der Waals surface area contributed by atoms with E-state index >= 15 is 0 Å². The van der Waals surface area contributed by atoms with E-state index in [1.54, 1.807) is 24.3 Å². The van der Waals surface area contributed by atoms with E-state index in [9.17, 15) is 31.2 Å². The van der Waals surface area contributed by atoms with Crippen LogP contribution in [0.1, 0.15) is 49.0 Å². The Bertz CT molecular complexity index is 1280. The molecule has 1 aliphatic carbocycles. The summed E-state index contributed by atoms with van der Waals surface area (Å²) in [6.07, 6.45) is -0.803. The third-order valence-electron chi connectivity index (χ3n) is 7.41. The molecule has 2 amide bonds. The molecule has 0 spiro atoms. The highest BCUT2D eigenvalue weighted by atomic mass is 32.2. The van der Waals surface area contributed by atoms with Gasteiger partial charge in [-0.2, -0.15) is 13.2 Å². The van der Waals surface area contributed by atoms with E-state index in [0.29, 0.717) is 12.8 Å². The smallest absolute Gasteiger partial charge is 0.352 e. The molecule has 2 aromatic carbocycles. The van der Waals surface area contributed by atoms with Crippen molar-refractivity contribution in [2.45, 2.75) is 67.2 Å². The summed E-state index contributed by atoms with van der Waals surface area (Å²) in [6.45, 7) is 3.69. The molecule has 1 aliphatic rings. The van der Waals surface area contributed by atoms with E-state index in [1.807, 2.05) is 13.3 Å². The number of hydrogen-bond donors (Lipinski definition) is 2. The molecule has 220 valence electrons. The Morgan fingerprint density at radius 2 is 1.77 bits per heavy atom. The number of alkyl halides is 3. The van der Waals surface area contributed by atoms with Crippen LogP contribution in [0.25, 0.3) is 0 Å². The molecular weight excluding hydrogens is 563 g/mol. The van der Waals surface area contributed by atoms with Gasteiger partial charge in [-0.1, -0.05) is 6.07 Å². The van der Waals surface area contributed by atoms with Crippen LogP contribution in [-0.4, -0.2) is 68.9 Å². The predicted molar refractivity (Wildman–Crippen MR) is 150 cm³/mol. The number of carbonyl (C=O) groups excluding carboxylic acids is 2. The minimum atomic E-state index is -4.59. The third kappa shape index (κ3) is 8.47. The van der Waals surface area contributed by atoms with Crippen molar-refractivity contribution in [3.8, 4) is 0 Å². The van der Waals surface area contributed by atoms with Crippen LogP contribution in [-0.2, 0) is 20.8 Å². The van der Waals surface area contributed by atoms with E-state index in [2.05, 4.69) is 29.4 Å². The molecule has 0 aliphatic heterocycles. The number of nitrogens with zero attached hydrogens (tertiary/aromatic N) is 1. The molecule has 7 nitrogen and oxygen atoms in total. The molecule has 0 bridgehead atoms. The fraction of sp³-hybridized carbons (Fsp3) is 0.500. The summed E-state index contributed by atoms with van der Waals surface area (Å²) in [5.74, 6) is -1.85. The number of carbonyl (C=O) groups is 2. The second kappa shape index (κ2) is 13.4. The van der Waals surface area contributed by atoms with Crippen LogP contribution in [0.2, 0.25) is 0 Å². The second-order valence-corrected chi connectivity index (χ2v) is 13.3. The Hall–Kier alpha value is -2.57. The lowest BCUT2D eigenvalue weighted by atomic mass is 9.81. The summed E-state index contributed by atoms with van der Waals surface area (Å²) < 4.78 is 65.6. The van der Waals surface area contributed by atoms with Crippen LogP contribution in [0, 0.1) is 5.92 Å². The molecule has 0 unspecified atom stereocenters. The Labute approximate surface area is 238 Å². The van der Waals surface area contributed by atoms with Gasteiger partial charge in [0.25, 0.3) is 5.91 Å². The fourth-order valence-electron chi connectivity index (χ4n) is 4.92. The lowest BCUT2D eigenvalue weighted by Gasteiger charge is -2.41. The molecule has 40 heavy (non-hydrogen) atoms. The summed E-state index contributed by atoms with van der Waals surface area (Å²) >= 11 is 1.52. The van der Waals surface area contributed by atoms with Crippen LogP contribution in [0.5, 0.6) is 0 Å². The van der Waals surface area contributed by atoms with Crippen LogP contribution in [0.15, 0.2) is 58.3 Å². The summed E-state index contributed by atoms with van der Waals surface area (Å²) in [4.78, 5) is 28.6. The molecule has 0 saturated heterocycles. The Morgan fingerprint density at radius 1 is 1.10 bits per heavy atom. The highest BCUT2D eigenvalue weighted by Crippen LogP contribution is 2.32.